The minimum Gasteiger partial charge on any atom is -0.462 e. The highest BCUT2D eigenvalue weighted by Gasteiger charge is 2.20. The second-order valence-corrected chi connectivity index (χ2v) is 25.6. The maximum Gasteiger partial charge on any atom is 0.306 e. The van der Waals surface area contributed by atoms with E-state index in [-0.39, 0.29) is 31.1 Å². The third-order valence-electron chi connectivity index (χ3n) is 17.1. The lowest BCUT2D eigenvalue weighted by Crippen LogP contribution is -2.30. The van der Waals surface area contributed by atoms with Gasteiger partial charge in [-0.05, 0) is 57.8 Å². The Labute approximate surface area is 518 Å². The quantitative estimate of drug-likeness (QED) is 0.0261. The van der Waals surface area contributed by atoms with E-state index in [1.165, 1.54) is 302 Å². The largest absolute Gasteiger partial charge is 0.462 e. The summed E-state index contributed by atoms with van der Waals surface area (Å²) < 4.78 is 17.0. The van der Waals surface area contributed by atoms with Gasteiger partial charge in [-0.25, -0.2) is 0 Å². The predicted molar refractivity (Wildman–Crippen MR) is 362 cm³/mol. The molecule has 0 N–H and O–H groups in total. The number of carbonyl (C=O) groups excluding carboxylic acids is 3. The molecule has 0 aromatic carbocycles. The van der Waals surface area contributed by atoms with Gasteiger partial charge < -0.3 is 14.2 Å². The first-order valence-electron chi connectivity index (χ1n) is 37.5. The van der Waals surface area contributed by atoms with Crippen molar-refractivity contribution in [2.75, 3.05) is 13.2 Å². The van der Waals surface area contributed by atoms with E-state index in [9.17, 15) is 14.4 Å². The van der Waals surface area contributed by atoms with Crippen LogP contribution in [0.4, 0.5) is 0 Å². The highest BCUT2D eigenvalue weighted by atomic mass is 16.6. The summed E-state index contributed by atoms with van der Waals surface area (Å²) in [6, 6.07) is 0. The van der Waals surface area contributed by atoms with Crippen LogP contribution in [0.25, 0.3) is 0 Å². The zero-order chi connectivity index (χ0) is 59.9. The molecule has 0 aliphatic heterocycles. The van der Waals surface area contributed by atoms with Gasteiger partial charge >= 0.3 is 17.9 Å². The molecule has 0 aromatic heterocycles. The Bertz CT molecular complexity index is 1380. The molecule has 6 nitrogen and oxygen atoms in total. The summed E-state index contributed by atoms with van der Waals surface area (Å²) in [6.45, 7) is 6.68. The molecule has 0 saturated heterocycles. The molecule has 0 amide bonds. The van der Waals surface area contributed by atoms with Gasteiger partial charge in [-0.3, -0.25) is 14.4 Å². The molecule has 0 aliphatic rings. The van der Waals surface area contributed by atoms with E-state index in [0.29, 0.717) is 19.3 Å². The van der Waals surface area contributed by atoms with Gasteiger partial charge in [0.15, 0.2) is 6.10 Å². The number of hydrogen-bond donors (Lipinski definition) is 0. The molecule has 0 aliphatic carbocycles. The van der Waals surface area contributed by atoms with Crippen LogP contribution in [0.15, 0.2) is 36.5 Å². The van der Waals surface area contributed by atoms with Gasteiger partial charge in [-0.1, -0.05) is 378 Å². The molecule has 488 valence electrons. The molecule has 0 rings (SSSR count). The molecule has 0 radical (unpaired) electrons. The number of unbranched alkanes of at least 4 members (excludes halogenated alkanes) is 53. The highest BCUT2D eigenvalue weighted by Crippen LogP contribution is 2.19. The Balaban J connectivity index is 4.12. The molecule has 1 atom stereocenters. The molecule has 0 heterocycles. The van der Waals surface area contributed by atoms with Gasteiger partial charge in [0.2, 0.25) is 0 Å². The lowest BCUT2D eigenvalue weighted by Gasteiger charge is -2.18. The van der Waals surface area contributed by atoms with Gasteiger partial charge in [-0.2, -0.15) is 0 Å². The molecule has 1 unspecified atom stereocenters. The normalized spacial score (nSPS) is 12.2. The average molecular weight is 1170 g/mol. The van der Waals surface area contributed by atoms with E-state index in [0.717, 1.165) is 77.0 Å². The van der Waals surface area contributed by atoms with Crippen molar-refractivity contribution in [1.29, 1.82) is 0 Å². The average Bonchev–Trinajstić information content (AvgIpc) is 3.49. The molecule has 0 bridgehead atoms. The van der Waals surface area contributed by atoms with E-state index in [1.807, 2.05) is 0 Å². The Kier molecular flexibility index (Phi) is 70.0. The Morgan fingerprint density at radius 2 is 0.434 bits per heavy atom. The van der Waals surface area contributed by atoms with Crippen LogP contribution in [-0.2, 0) is 28.6 Å². The summed E-state index contributed by atoms with van der Waals surface area (Å²) in [5.74, 6) is -0.855. The molecule has 0 aromatic rings. The molecule has 0 spiro atoms. The molecule has 83 heavy (non-hydrogen) atoms. The van der Waals surface area contributed by atoms with Crippen LogP contribution >= 0.6 is 0 Å². The van der Waals surface area contributed by atoms with Gasteiger partial charge in [0, 0.05) is 19.3 Å². The monoisotopic (exact) mass is 1170 g/mol. The van der Waals surface area contributed by atoms with Crippen LogP contribution in [0.2, 0.25) is 0 Å². The fraction of sp³-hybridized carbons (Fsp3) is 0.883. The molecular weight excluding hydrogens is 1020 g/mol. The molecular formula is C77H144O6. The zero-order valence-electron chi connectivity index (χ0n) is 56.2. The molecule has 0 fully saturated rings. The summed E-state index contributed by atoms with van der Waals surface area (Å²) in [4.78, 5) is 38.4. The Morgan fingerprint density at radius 3 is 0.699 bits per heavy atom. The van der Waals surface area contributed by atoms with Crippen LogP contribution in [0.1, 0.15) is 419 Å². The Hall–Kier alpha value is -2.37. The van der Waals surface area contributed by atoms with E-state index in [2.05, 4.69) is 57.2 Å². The second kappa shape index (κ2) is 72.1. The fourth-order valence-electron chi connectivity index (χ4n) is 11.5. The van der Waals surface area contributed by atoms with E-state index in [1.54, 1.807) is 0 Å². The molecule has 0 saturated carbocycles. The first-order valence-corrected chi connectivity index (χ1v) is 37.5. The fourth-order valence-corrected chi connectivity index (χ4v) is 11.5. The second-order valence-electron chi connectivity index (χ2n) is 25.6. The van der Waals surface area contributed by atoms with Crippen molar-refractivity contribution >= 4 is 17.9 Å². The summed E-state index contributed by atoms with van der Waals surface area (Å²) in [5, 5.41) is 0. The third-order valence-corrected chi connectivity index (χ3v) is 17.1. The van der Waals surface area contributed by atoms with Crippen molar-refractivity contribution in [2.24, 2.45) is 0 Å². The van der Waals surface area contributed by atoms with Crippen molar-refractivity contribution in [3.63, 3.8) is 0 Å². The van der Waals surface area contributed by atoms with Crippen molar-refractivity contribution in [2.45, 2.75) is 425 Å². The standard InChI is InChI=1S/C77H144O6/c1-4-7-10-13-16-19-22-25-27-29-31-32-33-34-35-36-37-38-39-40-41-42-43-44-46-47-49-52-55-58-61-64-67-70-76(79)82-73-74(72-81-75(78)69-66-63-60-57-54-51-24-21-18-15-12-9-6-3)83-77(80)71-68-65-62-59-56-53-50-48-45-30-28-26-23-20-17-14-11-8-5-2/h17,20,26,28,45,48,74H,4-16,18-19,21-25,27,29-44,46-47,49-73H2,1-3H3/b20-17-,28-26-,48-45-. The SMILES string of the molecule is CCCCC/C=C\C/C=C\C/C=C\CCCCCCCCC(=O)OC(COC(=O)CCCCCCCCCCCCCCC)COC(=O)CCCCCCCCCCCCCCCCCCCCCCCCCCCCCCCCCCC. The minimum atomic E-state index is -0.777. The van der Waals surface area contributed by atoms with Crippen molar-refractivity contribution in [1.82, 2.24) is 0 Å². The number of esters is 3. The van der Waals surface area contributed by atoms with E-state index < -0.39 is 6.10 Å². The zero-order valence-corrected chi connectivity index (χ0v) is 56.2. The lowest BCUT2D eigenvalue weighted by atomic mass is 10.0. The smallest absolute Gasteiger partial charge is 0.306 e. The number of hydrogen-bond acceptors (Lipinski definition) is 6. The summed E-state index contributed by atoms with van der Waals surface area (Å²) >= 11 is 0. The van der Waals surface area contributed by atoms with Crippen LogP contribution in [0.3, 0.4) is 0 Å². The van der Waals surface area contributed by atoms with E-state index >= 15 is 0 Å². The first-order chi connectivity index (χ1) is 41.0. The number of carbonyl (C=O) groups is 3. The van der Waals surface area contributed by atoms with Crippen LogP contribution in [-0.4, -0.2) is 37.2 Å². The summed E-state index contributed by atoms with van der Waals surface area (Å²) in [5.41, 5.74) is 0. The topological polar surface area (TPSA) is 78.9 Å². The van der Waals surface area contributed by atoms with Gasteiger partial charge in [0.25, 0.3) is 0 Å². The summed E-state index contributed by atoms with van der Waals surface area (Å²) in [6.07, 6.45) is 90.6. The highest BCUT2D eigenvalue weighted by molar-refractivity contribution is 5.71. The van der Waals surface area contributed by atoms with Crippen molar-refractivity contribution in [3.8, 4) is 0 Å². The lowest BCUT2D eigenvalue weighted by molar-refractivity contribution is -0.167. The third kappa shape index (κ3) is 70.3. The number of allylic oxidation sites excluding steroid dienone is 6. The van der Waals surface area contributed by atoms with Crippen LogP contribution < -0.4 is 0 Å². The number of rotatable bonds is 70. The van der Waals surface area contributed by atoms with Crippen molar-refractivity contribution < 1.29 is 28.6 Å². The number of ether oxygens (including phenoxy) is 3. The minimum absolute atomic E-state index is 0.0719. The predicted octanol–water partition coefficient (Wildman–Crippen LogP) is 25.9. The van der Waals surface area contributed by atoms with Crippen molar-refractivity contribution in [3.05, 3.63) is 36.5 Å². The maximum atomic E-state index is 12.9. The maximum absolute atomic E-state index is 12.9. The summed E-state index contributed by atoms with van der Waals surface area (Å²) in [7, 11) is 0. The van der Waals surface area contributed by atoms with Gasteiger partial charge in [0.1, 0.15) is 13.2 Å². The van der Waals surface area contributed by atoms with Gasteiger partial charge in [-0.15, -0.1) is 0 Å². The van der Waals surface area contributed by atoms with Gasteiger partial charge in [0.05, 0.1) is 0 Å². The van der Waals surface area contributed by atoms with Crippen LogP contribution in [0, 0.1) is 0 Å². The molecule has 6 heteroatoms. The Morgan fingerprint density at radius 1 is 0.241 bits per heavy atom. The first kappa shape index (κ1) is 80.6. The van der Waals surface area contributed by atoms with Crippen LogP contribution in [0.5, 0.6) is 0 Å². The van der Waals surface area contributed by atoms with E-state index in [4.69, 9.17) is 14.2 Å².